The molecule has 1 aliphatic heterocycles. The van der Waals surface area contributed by atoms with Crippen LogP contribution in [-0.2, 0) is 25.8 Å². The van der Waals surface area contributed by atoms with Crippen molar-refractivity contribution in [1.82, 2.24) is 15.3 Å². The Balaban J connectivity index is 1.74. The molecule has 104 valence electrons. The largest absolute Gasteiger partial charge is 0.312 e. The summed E-state index contributed by atoms with van der Waals surface area (Å²) in [7, 11) is 0. The van der Waals surface area contributed by atoms with Crippen LogP contribution in [0.1, 0.15) is 28.2 Å². The van der Waals surface area contributed by atoms with Crippen LogP contribution in [0.2, 0.25) is 0 Å². The number of rotatable bonds is 3. The molecule has 0 unspecified atom stereocenters. The molecule has 0 spiro atoms. The minimum absolute atomic E-state index is 0.869. The highest BCUT2D eigenvalue weighted by molar-refractivity contribution is 9.10. The Bertz CT molecular complexity index is 608. The van der Waals surface area contributed by atoms with E-state index in [-0.39, 0.29) is 0 Å². The van der Waals surface area contributed by atoms with Gasteiger partial charge in [0.25, 0.3) is 0 Å². The SMILES string of the molecule is Cc1ccc(CCc2nc(Br)c3c(n2)CCNC3)cc1. The van der Waals surface area contributed by atoms with Gasteiger partial charge in [-0.25, -0.2) is 9.97 Å². The van der Waals surface area contributed by atoms with E-state index in [1.807, 2.05) is 0 Å². The lowest BCUT2D eigenvalue weighted by Gasteiger charge is -2.17. The molecule has 3 rings (SSSR count). The van der Waals surface area contributed by atoms with Crippen molar-refractivity contribution in [2.45, 2.75) is 32.7 Å². The van der Waals surface area contributed by atoms with Gasteiger partial charge in [0.2, 0.25) is 0 Å². The average molecular weight is 332 g/mol. The molecule has 1 aliphatic rings. The summed E-state index contributed by atoms with van der Waals surface area (Å²) in [6.07, 6.45) is 2.88. The molecule has 0 atom stereocenters. The zero-order chi connectivity index (χ0) is 13.9. The van der Waals surface area contributed by atoms with E-state index in [0.29, 0.717) is 0 Å². The van der Waals surface area contributed by atoms with Gasteiger partial charge < -0.3 is 5.32 Å². The minimum atomic E-state index is 0.869. The number of hydrogen-bond acceptors (Lipinski definition) is 3. The zero-order valence-corrected chi connectivity index (χ0v) is 13.2. The van der Waals surface area contributed by atoms with Gasteiger partial charge >= 0.3 is 0 Å². The summed E-state index contributed by atoms with van der Waals surface area (Å²) in [6.45, 7) is 3.99. The molecule has 20 heavy (non-hydrogen) atoms. The average Bonchev–Trinajstić information content (AvgIpc) is 2.47. The fourth-order valence-electron chi connectivity index (χ4n) is 2.47. The van der Waals surface area contributed by atoms with Crippen LogP contribution >= 0.6 is 15.9 Å². The molecule has 2 aromatic rings. The van der Waals surface area contributed by atoms with Crippen LogP contribution in [-0.4, -0.2) is 16.5 Å². The number of hydrogen-bond donors (Lipinski definition) is 1. The van der Waals surface area contributed by atoms with Gasteiger partial charge in [0.1, 0.15) is 10.4 Å². The molecular formula is C16H18BrN3. The van der Waals surface area contributed by atoms with Crippen LogP contribution in [0.5, 0.6) is 0 Å². The van der Waals surface area contributed by atoms with Gasteiger partial charge in [-0.3, -0.25) is 0 Å². The number of aryl methyl sites for hydroxylation is 3. The number of halogens is 1. The number of aromatic nitrogens is 2. The number of benzene rings is 1. The molecule has 0 saturated carbocycles. The van der Waals surface area contributed by atoms with Crippen LogP contribution in [0.4, 0.5) is 0 Å². The maximum Gasteiger partial charge on any atom is 0.130 e. The Morgan fingerprint density at radius 2 is 1.95 bits per heavy atom. The maximum absolute atomic E-state index is 4.73. The molecule has 3 nitrogen and oxygen atoms in total. The Kier molecular flexibility index (Phi) is 4.13. The zero-order valence-electron chi connectivity index (χ0n) is 11.6. The predicted octanol–water partition coefficient (Wildman–Crippen LogP) is 2.98. The standard InChI is InChI=1S/C16H18BrN3/c1-11-2-4-12(5-3-11)6-7-15-19-14-8-9-18-10-13(14)16(17)20-15/h2-5,18H,6-10H2,1H3. The Labute approximate surface area is 128 Å². The van der Waals surface area contributed by atoms with Crippen LogP contribution < -0.4 is 5.32 Å². The van der Waals surface area contributed by atoms with Crippen molar-refractivity contribution in [3.63, 3.8) is 0 Å². The van der Waals surface area contributed by atoms with Crippen molar-refractivity contribution >= 4 is 15.9 Å². The van der Waals surface area contributed by atoms with Gasteiger partial charge in [-0.1, -0.05) is 29.8 Å². The second kappa shape index (κ2) is 6.02. The second-order valence-corrected chi connectivity index (χ2v) is 6.02. The summed E-state index contributed by atoms with van der Waals surface area (Å²) < 4.78 is 0.952. The highest BCUT2D eigenvalue weighted by Crippen LogP contribution is 2.21. The summed E-state index contributed by atoms with van der Waals surface area (Å²) in [6, 6.07) is 8.69. The third kappa shape index (κ3) is 3.07. The van der Waals surface area contributed by atoms with Gasteiger partial charge in [0.15, 0.2) is 0 Å². The van der Waals surface area contributed by atoms with Gasteiger partial charge in [-0.05, 0) is 34.8 Å². The molecule has 2 heterocycles. The van der Waals surface area contributed by atoms with Crippen LogP contribution in [0, 0.1) is 6.92 Å². The van der Waals surface area contributed by atoms with E-state index in [1.165, 1.54) is 22.4 Å². The highest BCUT2D eigenvalue weighted by Gasteiger charge is 2.15. The minimum Gasteiger partial charge on any atom is -0.312 e. The van der Waals surface area contributed by atoms with Crippen molar-refractivity contribution in [2.24, 2.45) is 0 Å². The predicted molar refractivity (Wildman–Crippen MR) is 83.7 cm³/mol. The molecular weight excluding hydrogens is 314 g/mol. The van der Waals surface area contributed by atoms with Gasteiger partial charge in [-0.15, -0.1) is 0 Å². The second-order valence-electron chi connectivity index (χ2n) is 5.27. The van der Waals surface area contributed by atoms with Crippen LogP contribution in [0.15, 0.2) is 28.9 Å². The van der Waals surface area contributed by atoms with Crippen molar-refractivity contribution in [2.75, 3.05) is 6.54 Å². The molecule has 1 aromatic heterocycles. The van der Waals surface area contributed by atoms with Gasteiger partial charge in [-0.2, -0.15) is 0 Å². The Hall–Kier alpha value is -1.26. The van der Waals surface area contributed by atoms with E-state index < -0.39 is 0 Å². The molecule has 0 radical (unpaired) electrons. The molecule has 0 aliphatic carbocycles. The van der Waals surface area contributed by atoms with Crippen LogP contribution in [0.3, 0.4) is 0 Å². The van der Waals surface area contributed by atoms with Crippen LogP contribution in [0.25, 0.3) is 0 Å². The molecule has 0 saturated heterocycles. The van der Waals surface area contributed by atoms with E-state index in [1.54, 1.807) is 0 Å². The smallest absolute Gasteiger partial charge is 0.130 e. The molecule has 1 aromatic carbocycles. The van der Waals surface area contributed by atoms with Crippen molar-refractivity contribution in [3.8, 4) is 0 Å². The first-order chi connectivity index (χ1) is 9.72. The third-order valence-corrected chi connectivity index (χ3v) is 4.34. The summed E-state index contributed by atoms with van der Waals surface area (Å²) >= 11 is 3.58. The highest BCUT2D eigenvalue weighted by atomic mass is 79.9. The van der Waals surface area contributed by atoms with Crippen molar-refractivity contribution in [1.29, 1.82) is 0 Å². The Morgan fingerprint density at radius 3 is 2.75 bits per heavy atom. The fraction of sp³-hybridized carbons (Fsp3) is 0.375. The molecule has 0 fully saturated rings. The normalized spacial score (nSPS) is 14.1. The molecule has 0 amide bonds. The maximum atomic E-state index is 4.73. The van der Waals surface area contributed by atoms with E-state index >= 15 is 0 Å². The summed E-state index contributed by atoms with van der Waals surface area (Å²) in [4.78, 5) is 9.31. The summed E-state index contributed by atoms with van der Waals surface area (Å²) in [5.41, 5.74) is 5.06. The van der Waals surface area contributed by atoms with E-state index in [4.69, 9.17) is 4.98 Å². The number of fused-ring (bicyclic) bond motifs is 1. The first-order valence-corrected chi connectivity index (χ1v) is 7.82. The lowest BCUT2D eigenvalue weighted by Crippen LogP contribution is -2.26. The monoisotopic (exact) mass is 331 g/mol. The number of nitrogens with zero attached hydrogens (tertiary/aromatic N) is 2. The van der Waals surface area contributed by atoms with E-state index in [0.717, 1.165) is 42.8 Å². The first-order valence-electron chi connectivity index (χ1n) is 7.03. The quantitative estimate of drug-likeness (QED) is 0.878. The molecule has 4 heteroatoms. The number of nitrogens with one attached hydrogen (secondary N) is 1. The van der Waals surface area contributed by atoms with Gasteiger partial charge in [0.05, 0.1) is 5.69 Å². The van der Waals surface area contributed by atoms with Crippen molar-refractivity contribution < 1.29 is 0 Å². The van der Waals surface area contributed by atoms with E-state index in [2.05, 4.69) is 57.4 Å². The van der Waals surface area contributed by atoms with Gasteiger partial charge in [0, 0.05) is 31.5 Å². The fourth-order valence-corrected chi connectivity index (χ4v) is 3.05. The summed E-state index contributed by atoms with van der Waals surface area (Å²) in [5.74, 6) is 0.943. The first kappa shape index (κ1) is 13.7. The van der Waals surface area contributed by atoms with E-state index in [9.17, 15) is 0 Å². The lowest BCUT2D eigenvalue weighted by molar-refractivity contribution is 0.615. The third-order valence-electron chi connectivity index (χ3n) is 3.69. The topological polar surface area (TPSA) is 37.8 Å². The summed E-state index contributed by atoms with van der Waals surface area (Å²) in [5, 5.41) is 3.35. The Morgan fingerprint density at radius 1 is 1.15 bits per heavy atom. The van der Waals surface area contributed by atoms with Crippen molar-refractivity contribution in [3.05, 3.63) is 57.1 Å². The molecule has 0 bridgehead atoms. The molecule has 1 N–H and O–H groups in total. The lowest BCUT2D eigenvalue weighted by atomic mass is 10.1.